The minimum Gasteiger partial charge on any atom is -0.490 e. The van der Waals surface area contributed by atoms with E-state index in [1.807, 2.05) is 43.3 Å². The third-order valence-corrected chi connectivity index (χ3v) is 4.68. The normalized spacial score (nSPS) is 10.8. The monoisotopic (exact) mass is 457 g/mol. The molecule has 0 bridgehead atoms. The third kappa shape index (κ3) is 7.68. The smallest absolute Gasteiger partial charge is 0.162 e. The van der Waals surface area contributed by atoms with Crippen molar-refractivity contribution in [2.24, 2.45) is 0 Å². The maximum Gasteiger partial charge on any atom is 0.162 e. The predicted molar refractivity (Wildman–Crippen MR) is 111 cm³/mol. The molecule has 0 saturated heterocycles. The molecule has 7 heteroatoms. The first kappa shape index (κ1) is 22.0. The zero-order valence-corrected chi connectivity index (χ0v) is 17.7. The second-order valence-electron chi connectivity index (χ2n) is 5.75. The standard InChI is InChI=1S/C20H25BrClNO4/c1-2-26-19-11-16(13-23-7-9-25-10-8-24)18(21)12-20(19)27-14-15-3-5-17(22)6-4-15/h3-6,11-12,23-24H,2,7-10,13-14H2,1H3. The number of hydrogen-bond acceptors (Lipinski definition) is 5. The van der Waals surface area contributed by atoms with Gasteiger partial charge in [-0.1, -0.05) is 39.7 Å². The quantitative estimate of drug-likeness (QED) is 0.467. The Morgan fingerprint density at radius 1 is 1.07 bits per heavy atom. The molecule has 0 aliphatic rings. The number of nitrogens with one attached hydrogen (secondary N) is 1. The van der Waals surface area contributed by atoms with Crippen LogP contribution in [0.25, 0.3) is 0 Å². The number of hydrogen-bond donors (Lipinski definition) is 2. The van der Waals surface area contributed by atoms with Gasteiger partial charge in [0.2, 0.25) is 0 Å². The van der Waals surface area contributed by atoms with Gasteiger partial charge in [-0.05, 0) is 42.3 Å². The fourth-order valence-corrected chi connectivity index (χ4v) is 2.96. The summed E-state index contributed by atoms with van der Waals surface area (Å²) >= 11 is 9.52. The molecule has 0 unspecified atom stereocenters. The van der Waals surface area contributed by atoms with Crippen LogP contribution in [0, 0.1) is 0 Å². The number of rotatable bonds is 12. The molecule has 0 atom stereocenters. The second-order valence-corrected chi connectivity index (χ2v) is 7.04. The van der Waals surface area contributed by atoms with E-state index in [1.54, 1.807) is 0 Å². The topological polar surface area (TPSA) is 60.0 Å². The van der Waals surface area contributed by atoms with E-state index in [2.05, 4.69) is 21.2 Å². The highest BCUT2D eigenvalue weighted by atomic mass is 79.9. The highest BCUT2D eigenvalue weighted by molar-refractivity contribution is 9.10. The van der Waals surface area contributed by atoms with E-state index >= 15 is 0 Å². The Morgan fingerprint density at radius 2 is 1.81 bits per heavy atom. The molecule has 0 heterocycles. The zero-order valence-electron chi connectivity index (χ0n) is 15.3. The van der Waals surface area contributed by atoms with Crippen LogP contribution in [0.1, 0.15) is 18.1 Å². The SMILES string of the molecule is CCOc1cc(CNCCOCCO)c(Br)cc1OCc1ccc(Cl)cc1. The molecule has 0 spiro atoms. The van der Waals surface area contributed by atoms with Crippen LogP contribution in [-0.2, 0) is 17.9 Å². The number of halogens is 2. The minimum absolute atomic E-state index is 0.0424. The van der Waals surface area contributed by atoms with Crippen LogP contribution in [0.2, 0.25) is 5.02 Å². The van der Waals surface area contributed by atoms with Crippen molar-refractivity contribution >= 4 is 27.5 Å². The van der Waals surface area contributed by atoms with E-state index in [9.17, 15) is 0 Å². The zero-order chi connectivity index (χ0) is 19.5. The Hall–Kier alpha value is -1.31. The fourth-order valence-electron chi connectivity index (χ4n) is 2.37. The molecule has 0 radical (unpaired) electrons. The maximum absolute atomic E-state index is 8.69. The predicted octanol–water partition coefficient (Wildman–Crippen LogP) is 4.18. The van der Waals surface area contributed by atoms with Gasteiger partial charge in [-0.25, -0.2) is 0 Å². The first-order chi connectivity index (χ1) is 13.1. The molecular weight excluding hydrogens is 434 g/mol. The molecular formula is C20H25BrClNO4. The van der Waals surface area contributed by atoms with E-state index in [4.69, 9.17) is 30.9 Å². The average Bonchev–Trinajstić information content (AvgIpc) is 2.67. The summed E-state index contributed by atoms with van der Waals surface area (Å²) in [5, 5.41) is 12.7. The third-order valence-electron chi connectivity index (χ3n) is 3.69. The van der Waals surface area contributed by atoms with E-state index in [1.165, 1.54) is 0 Å². The Balaban J connectivity index is 1.98. The number of ether oxygens (including phenoxy) is 3. The van der Waals surface area contributed by atoms with Crippen molar-refractivity contribution in [1.29, 1.82) is 0 Å². The Morgan fingerprint density at radius 3 is 2.52 bits per heavy atom. The van der Waals surface area contributed by atoms with Gasteiger partial charge in [-0.3, -0.25) is 0 Å². The van der Waals surface area contributed by atoms with Crippen molar-refractivity contribution in [2.75, 3.05) is 33.0 Å². The molecule has 27 heavy (non-hydrogen) atoms. The van der Waals surface area contributed by atoms with Gasteiger partial charge in [-0.2, -0.15) is 0 Å². The van der Waals surface area contributed by atoms with Gasteiger partial charge < -0.3 is 24.6 Å². The summed E-state index contributed by atoms with van der Waals surface area (Å²) in [6.45, 7) is 5.26. The van der Waals surface area contributed by atoms with Crippen molar-refractivity contribution in [2.45, 2.75) is 20.1 Å². The lowest BCUT2D eigenvalue weighted by molar-refractivity contribution is 0.0938. The lowest BCUT2D eigenvalue weighted by atomic mass is 10.2. The fraction of sp³-hybridized carbons (Fsp3) is 0.400. The molecule has 2 aromatic carbocycles. The van der Waals surface area contributed by atoms with Crippen LogP contribution < -0.4 is 14.8 Å². The molecule has 0 aliphatic carbocycles. The van der Waals surface area contributed by atoms with Crippen LogP contribution in [0.3, 0.4) is 0 Å². The number of aliphatic hydroxyl groups excluding tert-OH is 1. The molecule has 0 saturated carbocycles. The summed E-state index contributed by atoms with van der Waals surface area (Å²) in [4.78, 5) is 0. The lowest BCUT2D eigenvalue weighted by Gasteiger charge is -2.15. The van der Waals surface area contributed by atoms with Crippen molar-refractivity contribution in [3.8, 4) is 11.5 Å². The average molecular weight is 459 g/mol. The van der Waals surface area contributed by atoms with Gasteiger partial charge in [-0.15, -0.1) is 0 Å². The van der Waals surface area contributed by atoms with Crippen molar-refractivity contribution in [3.05, 3.63) is 57.0 Å². The molecule has 2 rings (SSSR count). The summed E-state index contributed by atoms with van der Waals surface area (Å²) in [6, 6.07) is 11.5. The van der Waals surface area contributed by atoms with E-state index in [-0.39, 0.29) is 6.61 Å². The molecule has 0 fully saturated rings. The van der Waals surface area contributed by atoms with Crippen LogP contribution in [0.15, 0.2) is 40.9 Å². The number of benzene rings is 2. The van der Waals surface area contributed by atoms with Crippen LogP contribution in [0.4, 0.5) is 0 Å². The Bertz CT molecular complexity index is 697. The van der Waals surface area contributed by atoms with E-state index < -0.39 is 0 Å². The second kappa shape index (κ2) is 12.2. The first-order valence-electron chi connectivity index (χ1n) is 8.85. The maximum atomic E-state index is 8.69. The number of aliphatic hydroxyl groups is 1. The molecule has 5 nitrogen and oxygen atoms in total. The largest absolute Gasteiger partial charge is 0.490 e. The Kier molecular flexibility index (Phi) is 9.94. The van der Waals surface area contributed by atoms with Crippen LogP contribution in [0.5, 0.6) is 11.5 Å². The molecule has 148 valence electrons. The van der Waals surface area contributed by atoms with Crippen molar-refractivity contribution < 1.29 is 19.3 Å². The van der Waals surface area contributed by atoms with Crippen LogP contribution in [-0.4, -0.2) is 38.1 Å². The first-order valence-corrected chi connectivity index (χ1v) is 10.0. The molecule has 0 amide bonds. The highest BCUT2D eigenvalue weighted by Crippen LogP contribution is 2.34. The van der Waals surface area contributed by atoms with Gasteiger partial charge in [0, 0.05) is 22.6 Å². The van der Waals surface area contributed by atoms with Gasteiger partial charge in [0.15, 0.2) is 11.5 Å². The summed E-state index contributed by atoms with van der Waals surface area (Å²) in [5.41, 5.74) is 2.10. The Labute approximate surface area is 173 Å². The van der Waals surface area contributed by atoms with Crippen LogP contribution >= 0.6 is 27.5 Å². The van der Waals surface area contributed by atoms with E-state index in [0.29, 0.717) is 56.0 Å². The molecule has 2 N–H and O–H groups in total. The molecule has 0 aromatic heterocycles. The molecule has 2 aromatic rings. The van der Waals surface area contributed by atoms with Crippen molar-refractivity contribution in [3.63, 3.8) is 0 Å². The highest BCUT2D eigenvalue weighted by Gasteiger charge is 2.11. The minimum atomic E-state index is 0.0424. The van der Waals surface area contributed by atoms with Gasteiger partial charge in [0.25, 0.3) is 0 Å². The summed E-state index contributed by atoms with van der Waals surface area (Å²) in [7, 11) is 0. The van der Waals surface area contributed by atoms with Gasteiger partial charge in [0.1, 0.15) is 6.61 Å². The summed E-state index contributed by atoms with van der Waals surface area (Å²) in [5.74, 6) is 1.40. The van der Waals surface area contributed by atoms with Gasteiger partial charge >= 0.3 is 0 Å². The van der Waals surface area contributed by atoms with Gasteiger partial charge in [0.05, 0.1) is 26.4 Å². The molecule has 0 aliphatic heterocycles. The van der Waals surface area contributed by atoms with E-state index in [0.717, 1.165) is 15.6 Å². The lowest BCUT2D eigenvalue weighted by Crippen LogP contribution is -2.20. The summed E-state index contributed by atoms with van der Waals surface area (Å²) < 4.78 is 17.9. The summed E-state index contributed by atoms with van der Waals surface area (Å²) in [6.07, 6.45) is 0. The van der Waals surface area contributed by atoms with Crippen molar-refractivity contribution in [1.82, 2.24) is 5.32 Å².